The Morgan fingerprint density at radius 2 is 1.94 bits per heavy atom. The molecule has 31 heavy (non-hydrogen) atoms. The Bertz CT molecular complexity index is 956. The summed E-state index contributed by atoms with van der Waals surface area (Å²) < 4.78 is 10.8. The average Bonchev–Trinajstić information content (AvgIpc) is 3.18. The van der Waals surface area contributed by atoms with Crippen LogP contribution in [0.3, 0.4) is 0 Å². The van der Waals surface area contributed by atoms with Crippen molar-refractivity contribution in [2.75, 3.05) is 7.11 Å². The zero-order chi connectivity index (χ0) is 23.0. The van der Waals surface area contributed by atoms with E-state index in [-0.39, 0.29) is 16.9 Å². The first-order chi connectivity index (χ1) is 14.7. The summed E-state index contributed by atoms with van der Waals surface area (Å²) in [5.74, 6) is -3.15. The van der Waals surface area contributed by atoms with Crippen molar-refractivity contribution in [2.45, 2.75) is 49.9 Å². The van der Waals surface area contributed by atoms with Gasteiger partial charge in [-0.2, -0.15) is 0 Å². The highest BCUT2D eigenvalue weighted by atomic mass is 16.6. The summed E-state index contributed by atoms with van der Waals surface area (Å²) in [7, 11) is 1.11. The summed E-state index contributed by atoms with van der Waals surface area (Å²) in [5, 5.41) is 34.0. The monoisotopic (exact) mass is 431 g/mol. The van der Waals surface area contributed by atoms with Crippen LogP contribution in [-0.2, 0) is 19.1 Å². The van der Waals surface area contributed by atoms with E-state index in [0.29, 0.717) is 6.42 Å². The molecule has 4 N–H and O–H groups in total. The Morgan fingerprint density at radius 3 is 2.52 bits per heavy atom. The van der Waals surface area contributed by atoms with Gasteiger partial charge in [0.1, 0.15) is 18.0 Å². The number of methoxy groups -OCH3 is 1. The minimum Gasteiger partial charge on any atom is -0.467 e. The average molecular weight is 431 g/mol. The first-order valence-electron chi connectivity index (χ1n) is 9.80. The molecule has 0 aromatic heterocycles. The fourth-order valence-electron chi connectivity index (χ4n) is 3.81. The Kier molecular flexibility index (Phi) is 6.15. The lowest BCUT2D eigenvalue weighted by Crippen LogP contribution is -2.60. The van der Waals surface area contributed by atoms with E-state index in [0.717, 1.165) is 7.11 Å². The maximum absolute atomic E-state index is 13.1. The summed E-state index contributed by atoms with van der Waals surface area (Å²) in [6.07, 6.45) is -1.60. The smallest absolute Gasteiger partial charge is 0.278 e. The number of aliphatic hydroxyl groups excluding tert-OH is 3. The maximum atomic E-state index is 13.1. The number of Topliss-reactive ketones (excluding diaryl/α,β-unsaturated/α-hetero) is 2. The topological polar surface area (TPSA) is 142 Å². The summed E-state index contributed by atoms with van der Waals surface area (Å²) in [4.78, 5) is 39.2. The van der Waals surface area contributed by atoms with E-state index >= 15 is 0 Å². The zero-order valence-electron chi connectivity index (χ0n) is 17.4. The molecule has 0 unspecified atom stereocenters. The summed E-state index contributed by atoms with van der Waals surface area (Å²) >= 11 is 0. The molecule has 2 heterocycles. The number of carbonyl (C=O) groups is 3. The molecule has 2 aliphatic heterocycles. The first kappa shape index (κ1) is 22.8. The molecule has 2 aliphatic rings. The van der Waals surface area contributed by atoms with Gasteiger partial charge in [0, 0.05) is 18.2 Å². The van der Waals surface area contributed by atoms with Crippen LogP contribution in [0.15, 0.2) is 53.8 Å². The molecule has 1 spiro atoms. The summed E-state index contributed by atoms with van der Waals surface area (Å²) in [6.45, 7) is 3.13. The van der Waals surface area contributed by atoms with Crippen LogP contribution in [0, 0.1) is 0 Å². The van der Waals surface area contributed by atoms with Gasteiger partial charge < -0.3 is 30.1 Å². The van der Waals surface area contributed by atoms with Crippen LogP contribution in [0.1, 0.15) is 30.6 Å². The normalized spacial score (nSPS) is 30.1. The Morgan fingerprint density at radius 1 is 1.29 bits per heavy atom. The quantitative estimate of drug-likeness (QED) is 0.269. The fraction of sp³-hybridized carbons (Fsp3) is 0.409. The van der Waals surface area contributed by atoms with Gasteiger partial charge in [0.15, 0.2) is 6.10 Å². The third-order valence-corrected chi connectivity index (χ3v) is 5.58. The summed E-state index contributed by atoms with van der Waals surface area (Å²) in [5.41, 5.74) is -4.83. The minimum atomic E-state index is -2.53. The molecule has 1 aromatic rings. The first-order valence-corrected chi connectivity index (χ1v) is 9.80. The van der Waals surface area contributed by atoms with Crippen molar-refractivity contribution in [1.29, 1.82) is 0 Å². The number of carbonyl (C=O) groups excluding carboxylic acids is 3. The van der Waals surface area contributed by atoms with E-state index in [1.165, 1.54) is 25.1 Å². The van der Waals surface area contributed by atoms with Crippen LogP contribution in [0.25, 0.3) is 0 Å². The van der Waals surface area contributed by atoms with Gasteiger partial charge in [-0.15, -0.1) is 0 Å². The van der Waals surface area contributed by atoms with Gasteiger partial charge in [-0.3, -0.25) is 14.4 Å². The Balaban J connectivity index is 1.99. The second-order valence-corrected chi connectivity index (χ2v) is 7.42. The molecule has 0 saturated carbocycles. The largest absolute Gasteiger partial charge is 0.467 e. The zero-order valence-corrected chi connectivity index (χ0v) is 17.4. The van der Waals surface area contributed by atoms with Crippen molar-refractivity contribution in [2.24, 2.45) is 0 Å². The van der Waals surface area contributed by atoms with Crippen LogP contribution < -0.4 is 5.32 Å². The number of aliphatic hydroxyl groups is 3. The maximum Gasteiger partial charge on any atom is 0.278 e. The lowest BCUT2D eigenvalue weighted by atomic mass is 9.85. The minimum absolute atomic E-state index is 0.135. The number of allylic oxidation sites excluding steroid dienone is 1. The highest BCUT2D eigenvalue weighted by Gasteiger charge is 2.74. The molecule has 9 nitrogen and oxygen atoms in total. The van der Waals surface area contributed by atoms with Gasteiger partial charge in [0.2, 0.25) is 17.3 Å². The molecule has 3 rings (SSSR count). The number of hydrogen-bond donors (Lipinski definition) is 4. The third-order valence-electron chi connectivity index (χ3n) is 5.58. The number of nitrogens with one attached hydrogen (secondary N) is 1. The fourth-order valence-corrected chi connectivity index (χ4v) is 3.81. The highest BCUT2D eigenvalue weighted by Crippen LogP contribution is 2.44. The number of rotatable bonds is 7. The highest BCUT2D eigenvalue weighted by molar-refractivity contribution is 6.23. The summed E-state index contributed by atoms with van der Waals surface area (Å²) in [6, 6.07) is 7.82. The SMILES string of the molecule is CCC=C[C@H](O)[C@@H](O)C1=C(C)C(=O)[C@]2(O1)C(=O)N[C@](OC)(C(=O)c1ccccc1)[C@@H]2O. The van der Waals surface area contributed by atoms with Gasteiger partial charge >= 0.3 is 0 Å². The molecule has 1 amide bonds. The molecular formula is C22H25NO8. The van der Waals surface area contributed by atoms with Crippen LogP contribution in [0.5, 0.6) is 0 Å². The number of amides is 1. The van der Waals surface area contributed by atoms with E-state index in [1.807, 2.05) is 6.92 Å². The van der Waals surface area contributed by atoms with Gasteiger partial charge in [-0.25, -0.2) is 0 Å². The molecule has 0 radical (unpaired) electrons. The number of benzene rings is 1. The van der Waals surface area contributed by atoms with Crippen molar-refractivity contribution in [1.82, 2.24) is 5.32 Å². The molecule has 1 fully saturated rings. The van der Waals surface area contributed by atoms with Crippen LogP contribution in [-0.4, -0.2) is 69.5 Å². The molecule has 1 aromatic carbocycles. The number of hydrogen-bond acceptors (Lipinski definition) is 8. The predicted molar refractivity (Wildman–Crippen MR) is 108 cm³/mol. The second kappa shape index (κ2) is 8.35. The van der Waals surface area contributed by atoms with Crippen LogP contribution >= 0.6 is 0 Å². The molecule has 0 aliphatic carbocycles. The molecule has 9 heteroatoms. The third kappa shape index (κ3) is 3.30. The number of ether oxygens (including phenoxy) is 2. The van der Waals surface area contributed by atoms with Gasteiger partial charge in [0.05, 0.1) is 0 Å². The van der Waals surface area contributed by atoms with Crippen molar-refractivity contribution in [3.8, 4) is 0 Å². The predicted octanol–water partition coefficient (Wildman–Crippen LogP) is 0.00280. The van der Waals surface area contributed by atoms with Crippen LogP contribution in [0.2, 0.25) is 0 Å². The van der Waals surface area contributed by atoms with Gasteiger partial charge in [-0.05, 0) is 13.3 Å². The van der Waals surface area contributed by atoms with Crippen molar-refractivity contribution >= 4 is 17.5 Å². The van der Waals surface area contributed by atoms with Crippen molar-refractivity contribution < 1.29 is 39.2 Å². The second-order valence-electron chi connectivity index (χ2n) is 7.42. The Hall–Kier alpha value is -2.85. The van der Waals surface area contributed by atoms with E-state index in [9.17, 15) is 29.7 Å². The standard InChI is InChI=1S/C22H25NO8/c1-4-5-11-14(24)15(25)16-12(2)17(26)21(31-16)19(28)22(30-3,23-20(21)29)18(27)13-9-7-6-8-10-13/h5-11,14-15,19,24-25,28H,4H2,1-3H3,(H,23,29)/t14-,15+,19+,21+,22-/m0/s1. The number of ketones is 2. The van der Waals surface area contributed by atoms with Gasteiger partial charge in [-0.1, -0.05) is 49.4 Å². The van der Waals surface area contributed by atoms with E-state index in [2.05, 4.69) is 5.32 Å². The van der Waals surface area contributed by atoms with E-state index in [4.69, 9.17) is 9.47 Å². The molecule has 166 valence electrons. The van der Waals surface area contributed by atoms with Crippen molar-refractivity contribution in [3.05, 3.63) is 59.4 Å². The van der Waals surface area contributed by atoms with E-state index < -0.39 is 47.1 Å². The lowest BCUT2D eigenvalue weighted by Gasteiger charge is -2.32. The Labute approximate surface area is 179 Å². The van der Waals surface area contributed by atoms with Gasteiger partial charge in [0.25, 0.3) is 11.5 Å². The van der Waals surface area contributed by atoms with Crippen molar-refractivity contribution in [3.63, 3.8) is 0 Å². The molecular weight excluding hydrogens is 406 g/mol. The molecule has 0 bridgehead atoms. The van der Waals surface area contributed by atoms with Crippen LogP contribution in [0.4, 0.5) is 0 Å². The van der Waals surface area contributed by atoms with E-state index in [1.54, 1.807) is 24.3 Å². The molecule has 5 atom stereocenters. The molecule has 1 saturated heterocycles. The lowest BCUT2D eigenvalue weighted by molar-refractivity contribution is -0.163.